The Balaban J connectivity index is 2.17. The molecule has 0 saturated carbocycles. The Morgan fingerprint density at radius 2 is 2.15 bits per heavy atom. The Morgan fingerprint density at radius 1 is 1.40 bits per heavy atom. The minimum atomic E-state index is -2.62. The third-order valence-electron chi connectivity index (χ3n) is 2.97. The summed E-state index contributed by atoms with van der Waals surface area (Å²) < 4.78 is 31.8. The van der Waals surface area contributed by atoms with Crippen LogP contribution in [-0.4, -0.2) is 9.55 Å². The van der Waals surface area contributed by atoms with Crippen LogP contribution in [-0.2, 0) is 6.61 Å². The molecule has 2 aromatic rings. The molecule has 2 rings (SSSR count). The SMILES string of the molecule is Cc1ccc(OCc2nccn2C(F)F)c([C@@H](C)N)c1. The number of alkyl halides is 2. The normalized spacial score (nSPS) is 12.7. The van der Waals surface area contributed by atoms with Crippen molar-refractivity contribution in [2.24, 2.45) is 5.73 Å². The number of nitrogens with zero attached hydrogens (tertiary/aromatic N) is 2. The van der Waals surface area contributed by atoms with Gasteiger partial charge in [-0.2, -0.15) is 8.78 Å². The Kier molecular flexibility index (Phi) is 4.34. The zero-order valence-electron chi connectivity index (χ0n) is 11.4. The second kappa shape index (κ2) is 6.00. The molecule has 108 valence electrons. The summed E-state index contributed by atoms with van der Waals surface area (Å²) >= 11 is 0. The number of ether oxygens (including phenoxy) is 1. The number of hydrogen-bond acceptors (Lipinski definition) is 3. The third kappa shape index (κ3) is 3.14. The molecule has 1 aromatic carbocycles. The molecule has 2 N–H and O–H groups in total. The largest absolute Gasteiger partial charge is 0.485 e. The monoisotopic (exact) mass is 281 g/mol. The van der Waals surface area contributed by atoms with E-state index in [-0.39, 0.29) is 18.5 Å². The Morgan fingerprint density at radius 3 is 2.80 bits per heavy atom. The van der Waals surface area contributed by atoms with Crippen molar-refractivity contribution in [1.29, 1.82) is 0 Å². The Bertz CT molecular complexity index is 582. The maximum atomic E-state index is 12.7. The lowest BCUT2D eigenvalue weighted by Gasteiger charge is -2.15. The number of benzene rings is 1. The average molecular weight is 281 g/mol. The number of aryl methyl sites for hydroxylation is 1. The standard InChI is InChI=1S/C14H17F2N3O/c1-9-3-4-12(11(7-9)10(2)17)20-8-13-18-5-6-19(13)14(15)16/h3-7,10,14H,8,17H2,1-2H3/t10-/m1/s1. The fourth-order valence-corrected chi connectivity index (χ4v) is 1.93. The summed E-state index contributed by atoms with van der Waals surface area (Å²) in [6, 6.07) is 5.42. The molecule has 20 heavy (non-hydrogen) atoms. The minimum absolute atomic E-state index is 0.0277. The van der Waals surface area contributed by atoms with Gasteiger partial charge in [0.1, 0.15) is 12.4 Å². The van der Waals surface area contributed by atoms with Crippen molar-refractivity contribution in [3.8, 4) is 5.75 Å². The maximum Gasteiger partial charge on any atom is 0.320 e. The summed E-state index contributed by atoms with van der Waals surface area (Å²) in [5, 5.41) is 0. The lowest BCUT2D eigenvalue weighted by molar-refractivity contribution is 0.0632. The van der Waals surface area contributed by atoms with Crippen molar-refractivity contribution in [1.82, 2.24) is 9.55 Å². The molecule has 1 atom stereocenters. The zero-order chi connectivity index (χ0) is 14.7. The van der Waals surface area contributed by atoms with Gasteiger partial charge in [-0.05, 0) is 19.9 Å². The number of rotatable bonds is 5. The Hall–Kier alpha value is -1.95. The molecule has 6 heteroatoms. The number of aromatic nitrogens is 2. The van der Waals surface area contributed by atoms with E-state index in [1.807, 2.05) is 26.0 Å². The first-order valence-electron chi connectivity index (χ1n) is 6.28. The summed E-state index contributed by atoms with van der Waals surface area (Å²) in [4.78, 5) is 3.87. The molecule has 0 fully saturated rings. The summed E-state index contributed by atoms with van der Waals surface area (Å²) in [7, 11) is 0. The van der Waals surface area contributed by atoms with E-state index in [1.165, 1.54) is 12.4 Å². The molecule has 0 aliphatic heterocycles. The number of halogens is 2. The summed E-state index contributed by atoms with van der Waals surface area (Å²) in [5.74, 6) is 0.769. The van der Waals surface area contributed by atoms with Crippen molar-refractivity contribution < 1.29 is 13.5 Å². The lowest BCUT2D eigenvalue weighted by Crippen LogP contribution is -2.11. The van der Waals surface area contributed by atoms with E-state index >= 15 is 0 Å². The van der Waals surface area contributed by atoms with E-state index in [9.17, 15) is 8.78 Å². The van der Waals surface area contributed by atoms with Gasteiger partial charge >= 0.3 is 6.55 Å². The van der Waals surface area contributed by atoms with Gasteiger partial charge in [0.2, 0.25) is 0 Å². The van der Waals surface area contributed by atoms with Gasteiger partial charge in [-0.1, -0.05) is 17.7 Å². The van der Waals surface area contributed by atoms with Gasteiger partial charge < -0.3 is 10.5 Å². The van der Waals surface area contributed by atoms with Crippen LogP contribution >= 0.6 is 0 Å². The second-order valence-electron chi connectivity index (χ2n) is 4.65. The van der Waals surface area contributed by atoms with E-state index in [0.717, 1.165) is 15.7 Å². The van der Waals surface area contributed by atoms with Crippen molar-refractivity contribution in [2.45, 2.75) is 33.0 Å². The fraction of sp³-hybridized carbons (Fsp3) is 0.357. The predicted octanol–water partition coefficient (Wildman–Crippen LogP) is 3.19. The van der Waals surface area contributed by atoms with Gasteiger partial charge in [-0.3, -0.25) is 4.57 Å². The first-order chi connectivity index (χ1) is 9.49. The van der Waals surface area contributed by atoms with Gasteiger partial charge in [-0.15, -0.1) is 0 Å². The second-order valence-corrected chi connectivity index (χ2v) is 4.65. The first kappa shape index (κ1) is 14.5. The van der Waals surface area contributed by atoms with Crippen LogP contribution in [0.15, 0.2) is 30.6 Å². The molecule has 0 aliphatic carbocycles. The predicted molar refractivity (Wildman–Crippen MR) is 71.6 cm³/mol. The van der Waals surface area contributed by atoms with Crippen molar-refractivity contribution in [2.75, 3.05) is 0 Å². The van der Waals surface area contributed by atoms with Crippen LogP contribution in [0.4, 0.5) is 8.78 Å². The number of hydrogen-bond donors (Lipinski definition) is 1. The maximum absolute atomic E-state index is 12.7. The first-order valence-corrected chi connectivity index (χ1v) is 6.28. The highest BCUT2D eigenvalue weighted by molar-refractivity contribution is 5.38. The molecule has 0 amide bonds. The quantitative estimate of drug-likeness (QED) is 0.915. The summed E-state index contributed by atoms with van der Waals surface area (Å²) in [6.45, 7) is 1.16. The van der Waals surface area contributed by atoms with Crippen LogP contribution in [0.1, 0.15) is 36.5 Å². The zero-order valence-corrected chi connectivity index (χ0v) is 11.4. The van der Waals surface area contributed by atoms with Crippen LogP contribution in [0.3, 0.4) is 0 Å². The summed E-state index contributed by atoms with van der Waals surface area (Å²) in [5.41, 5.74) is 7.81. The molecule has 0 unspecified atom stereocenters. The fourth-order valence-electron chi connectivity index (χ4n) is 1.93. The molecule has 0 bridgehead atoms. The van der Waals surface area contributed by atoms with Gasteiger partial charge in [0, 0.05) is 24.0 Å². The highest BCUT2D eigenvalue weighted by atomic mass is 19.3. The van der Waals surface area contributed by atoms with Gasteiger partial charge in [0.25, 0.3) is 0 Å². The molecular weight excluding hydrogens is 264 g/mol. The van der Waals surface area contributed by atoms with Crippen LogP contribution in [0.25, 0.3) is 0 Å². The smallest absolute Gasteiger partial charge is 0.320 e. The topological polar surface area (TPSA) is 53.1 Å². The molecule has 0 saturated heterocycles. The minimum Gasteiger partial charge on any atom is -0.485 e. The van der Waals surface area contributed by atoms with E-state index in [2.05, 4.69) is 4.98 Å². The molecule has 4 nitrogen and oxygen atoms in total. The highest BCUT2D eigenvalue weighted by Crippen LogP contribution is 2.26. The third-order valence-corrected chi connectivity index (χ3v) is 2.97. The average Bonchev–Trinajstić information content (AvgIpc) is 2.85. The highest BCUT2D eigenvalue weighted by Gasteiger charge is 2.13. The molecule has 0 spiro atoms. The van der Waals surface area contributed by atoms with Gasteiger partial charge in [0.15, 0.2) is 5.82 Å². The van der Waals surface area contributed by atoms with Crippen molar-refractivity contribution in [3.05, 3.63) is 47.5 Å². The van der Waals surface area contributed by atoms with E-state index in [0.29, 0.717) is 5.75 Å². The Labute approximate surface area is 116 Å². The van der Waals surface area contributed by atoms with Crippen LogP contribution in [0, 0.1) is 6.92 Å². The van der Waals surface area contributed by atoms with Crippen molar-refractivity contribution >= 4 is 0 Å². The summed E-state index contributed by atoms with van der Waals surface area (Å²) in [6.07, 6.45) is 2.55. The molecule has 0 aliphatic rings. The number of imidazole rings is 1. The van der Waals surface area contributed by atoms with Crippen LogP contribution in [0.2, 0.25) is 0 Å². The van der Waals surface area contributed by atoms with Crippen molar-refractivity contribution in [3.63, 3.8) is 0 Å². The lowest BCUT2D eigenvalue weighted by atomic mass is 10.1. The molecule has 1 aromatic heterocycles. The van der Waals surface area contributed by atoms with Gasteiger partial charge in [-0.25, -0.2) is 4.98 Å². The van der Waals surface area contributed by atoms with Crippen LogP contribution in [0.5, 0.6) is 5.75 Å². The molecule has 1 heterocycles. The van der Waals surface area contributed by atoms with E-state index in [1.54, 1.807) is 6.07 Å². The molecule has 0 radical (unpaired) electrons. The number of nitrogens with two attached hydrogens (primary N) is 1. The van der Waals surface area contributed by atoms with E-state index in [4.69, 9.17) is 10.5 Å². The van der Waals surface area contributed by atoms with Crippen LogP contribution < -0.4 is 10.5 Å². The molecular formula is C14H17F2N3O. The van der Waals surface area contributed by atoms with Gasteiger partial charge in [0.05, 0.1) is 0 Å². The van der Waals surface area contributed by atoms with E-state index < -0.39 is 6.55 Å².